The first-order valence-electron chi connectivity index (χ1n) is 6.15. The SMILES string of the molecule is O=C(CN1CCC(CO)C1)C1CCCC1. The predicted octanol–water partition coefficient (Wildman–Crippen LogP) is 1.06. The highest BCUT2D eigenvalue weighted by Crippen LogP contribution is 2.26. The van der Waals surface area contributed by atoms with Crippen molar-refractivity contribution in [2.24, 2.45) is 11.8 Å². The Balaban J connectivity index is 1.74. The molecule has 0 bridgehead atoms. The highest BCUT2D eigenvalue weighted by Gasteiger charge is 2.27. The highest BCUT2D eigenvalue weighted by atomic mass is 16.3. The van der Waals surface area contributed by atoms with E-state index in [1.54, 1.807) is 0 Å². The number of Topliss-reactive ketones (excluding diaryl/α,β-unsaturated/α-hetero) is 1. The molecule has 1 saturated carbocycles. The van der Waals surface area contributed by atoms with Gasteiger partial charge in [-0.15, -0.1) is 0 Å². The summed E-state index contributed by atoms with van der Waals surface area (Å²) in [6.07, 6.45) is 5.73. The second kappa shape index (κ2) is 5.08. The molecule has 86 valence electrons. The fraction of sp³-hybridized carbons (Fsp3) is 0.917. The first-order valence-corrected chi connectivity index (χ1v) is 6.15. The number of likely N-dealkylation sites (tertiary alicyclic amines) is 1. The van der Waals surface area contributed by atoms with Gasteiger partial charge in [-0.3, -0.25) is 9.69 Å². The molecule has 15 heavy (non-hydrogen) atoms. The third-order valence-corrected chi connectivity index (χ3v) is 3.82. The zero-order valence-corrected chi connectivity index (χ0v) is 9.32. The summed E-state index contributed by atoms with van der Waals surface area (Å²) in [5.74, 6) is 1.19. The van der Waals surface area contributed by atoms with E-state index in [1.807, 2.05) is 0 Å². The Morgan fingerprint density at radius 2 is 2.00 bits per heavy atom. The molecular weight excluding hydrogens is 190 g/mol. The quantitative estimate of drug-likeness (QED) is 0.756. The van der Waals surface area contributed by atoms with Crippen molar-refractivity contribution in [3.8, 4) is 0 Å². The molecule has 2 fully saturated rings. The van der Waals surface area contributed by atoms with Crippen LogP contribution in [0.5, 0.6) is 0 Å². The summed E-state index contributed by atoms with van der Waals surface area (Å²) < 4.78 is 0. The molecule has 0 aromatic rings. The Labute approximate surface area is 91.5 Å². The third-order valence-electron chi connectivity index (χ3n) is 3.82. The topological polar surface area (TPSA) is 40.5 Å². The van der Waals surface area contributed by atoms with E-state index in [0.717, 1.165) is 32.4 Å². The lowest BCUT2D eigenvalue weighted by Gasteiger charge is -2.17. The normalized spacial score (nSPS) is 28.7. The number of hydrogen-bond acceptors (Lipinski definition) is 3. The van der Waals surface area contributed by atoms with Crippen molar-refractivity contribution in [1.82, 2.24) is 4.90 Å². The Kier molecular flexibility index (Phi) is 3.76. The van der Waals surface area contributed by atoms with Crippen LogP contribution in [0.4, 0.5) is 0 Å². The van der Waals surface area contributed by atoms with Crippen LogP contribution in [0.25, 0.3) is 0 Å². The van der Waals surface area contributed by atoms with Gasteiger partial charge in [-0.05, 0) is 31.7 Å². The molecule has 0 spiro atoms. The van der Waals surface area contributed by atoms with Crippen molar-refractivity contribution in [2.45, 2.75) is 32.1 Å². The van der Waals surface area contributed by atoms with E-state index in [1.165, 1.54) is 12.8 Å². The maximum absolute atomic E-state index is 11.9. The fourth-order valence-corrected chi connectivity index (χ4v) is 2.80. The lowest BCUT2D eigenvalue weighted by molar-refractivity contribution is -0.123. The summed E-state index contributed by atoms with van der Waals surface area (Å²) in [6, 6.07) is 0. The molecule has 1 atom stereocenters. The molecule has 1 aliphatic heterocycles. The van der Waals surface area contributed by atoms with E-state index in [4.69, 9.17) is 5.11 Å². The van der Waals surface area contributed by atoms with Gasteiger partial charge >= 0.3 is 0 Å². The second-order valence-electron chi connectivity index (χ2n) is 5.02. The van der Waals surface area contributed by atoms with Gasteiger partial charge in [0.25, 0.3) is 0 Å². The molecule has 3 heteroatoms. The number of ketones is 1. The van der Waals surface area contributed by atoms with Crippen molar-refractivity contribution >= 4 is 5.78 Å². The summed E-state index contributed by atoms with van der Waals surface area (Å²) >= 11 is 0. The molecule has 2 aliphatic rings. The van der Waals surface area contributed by atoms with E-state index < -0.39 is 0 Å². The second-order valence-corrected chi connectivity index (χ2v) is 5.02. The van der Waals surface area contributed by atoms with Crippen LogP contribution in [0.1, 0.15) is 32.1 Å². The minimum atomic E-state index is 0.272. The molecule has 1 aliphatic carbocycles. The van der Waals surface area contributed by atoms with Gasteiger partial charge in [0, 0.05) is 19.1 Å². The smallest absolute Gasteiger partial charge is 0.149 e. The monoisotopic (exact) mass is 211 g/mol. The van der Waals surface area contributed by atoms with Gasteiger partial charge in [-0.2, -0.15) is 0 Å². The summed E-state index contributed by atoms with van der Waals surface area (Å²) in [6.45, 7) is 2.80. The van der Waals surface area contributed by atoms with Crippen LogP contribution < -0.4 is 0 Å². The Bertz CT molecular complexity index is 224. The Morgan fingerprint density at radius 1 is 1.27 bits per heavy atom. The molecule has 2 rings (SSSR count). The van der Waals surface area contributed by atoms with Crippen molar-refractivity contribution in [2.75, 3.05) is 26.2 Å². The summed E-state index contributed by atoms with van der Waals surface area (Å²) in [7, 11) is 0. The number of aliphatic hydroxyl groups excluding tert-OH is 1. The number of aliphatic hydroxyl groups is 1. The lowest BCUT2D eigenvalue weighted by Crippen LogP contribution is -2.31. The average molecular weight is 211 g/mol. The number of nitrogens with zero attached hydrogens (tertiary/aromatic N) is 1. The fourth-order valence-electron chi connectivity index (χ4n) is 2.80. The molecule has 0 aromatic heterocycles. The lowest BCUT2D eigenvalue weighted by atomic mass is 10.0. The highest BCUT2D eigenvalue weighted by molar-refractivity contribution is 5.83. The van der Waals surface area contributed by atoms with Crippen LogP contribution in [-0.2, 0) is 4.79 Å². The van der Waals surface area contributed by atoms with Crippen molar-refractivity contribution in [1.29, 1.82) is 0 Å². The molecule has 0 amide bonds. The third kappa shape index (κ3) is 2.79. The van der Waals surface area contributed by atoms with Crippen molar-refractivity contribution < 1.29 is 9.90 Å². The van der Waals surface area contributed by atoms with Gasteiger partial charge in [0.05, 0.1) is 6.54 Å². The number of hydrogen-bond donors (Lipinski definition) is 1. The largest absolute Gasteiger partial charge is 0.396 e. The zero-order chi connectivity index (χ0) is 10.7. The van der Waals surface area contributed by atoms with Crippen molar-refractivity contribution in [3.05, 3.63) is 0 Å². The van der Waals surface area contributed by atoms with Crippen LogP contribution in [0.2, 0.25) is 0 Å². The number of carbonyl (C=O) groups is 1. The Morgan fingerprint density at radius 3 is 2.60 bits per heavy atom. The summed E-state index contributed by atoms with van der Waals surface area (Å²) in [5.41, 5.74) is 0. The van der Waals surface area contributed by atoms with Gasteiger partial charge in [0.15, 0.2) is 0 Å². The predicted molar refractivity (Wildman–Crippen MR) is 58.6 cm³/mol. The number of carbonyl (C=O) groups excluding carboxylic acids is 1. The molecule has 1 N–H and O–H groups in total. The Hall–Kier alpha value is -0.410. The zero-order valence-electron chi connectivity index (χ0n) is 9.32. The maximum atomic E-state index is 11.9. The van der Waals surface area contributed by atoms with Gasteiger partial charge in [-0.1, -0.05) is 12.8 Å². The van der Waals surface area contributed by atoms with E-state index >= 15 is 0 Å². The molecule has 0 aromatic carbocycles. The van der Waals surface area contributed by atoms with Crippen LogP contribution in [-0.4, -0.2) is 42.0 Å². The molecule has 1 heterocycles. The van der Waals surface area contributed by atoms with Crippen molar-refractivity contribution in [3.63, 3.8) is 0 Å². The van der Waals surface area contributed by atoms with Crippen LogP contribution in [0.15, 0.2) is 0 Å². The van der Waals surface area contributed by atoms with Crippen LogP contribution in [0.3, 0.4) is 0 Å². The van der Waals surface area contributed by atoms with Crippen LogP contribution in [0, 0.1) is 11.8 Å². The molecule has 1 saturated heterocycles. The molecule has 3 nitrogen and oxygen atoms in total. The first-order chi connectivity index (χ1) is 7.29. The van der Waals surface area contributed by atoms with E-state index in [-0.39, 0.29) is 6.61 Å². The number of rotatable bonds is 4. The van der Waals surface area contributed by atoms with E-state index in [2.05, 4.69) is 4.90 Å². The standard InChI is InChI=1S/C12H21NO2/c14-9-10-5-6-13(7-10)8-12(15)11-3-1-2-4-11/h10-11,14H,1-9H2. The minimum absolute atomic E-state index is 0.272. The van der Waals surface area contributed by atoms with E-state index in [9.17, 15) is 4.79 Å². The minimum Gasteiger partial charge on any atom is -0.396 e. The van der Waals surface area contributed by atoms with Gasteiger partial charge in [-0.25, -0.2) is 0 Å². The maximum Gasteiger partial charge on any atom is 0.149 e. The van der Waals surface area contributed by atoms with Crippen LogP contribution >= 0.6 is 0 Å². The van der Waals surface area contributed by atoms with Gasteiger partial charge in [0.1, 0.15) is 5.78 Å². The molecular formula is C12H21NO2. The molecule has 1 unspecified atom stereocenters. The van der Waals surface area contributed by atoms with Gasteiger partial charge in [0.2, 0.25) is 0 Å². The summed E-state index contributed by atoms with van der Waals surface area (Å²) in [4.78, 5) is 14.1. The molecule has 0 radical (unpaired) electrons. The van der Waals surface area contributed by atoms with E-state index in [0.29, 0.717) is 24.2 Å². The van der Waals surface area contributed by atoms with Gasteiger partial charge < -0.3 is 5.11 Å². The average Bonchev–Trinajstić information content (AvgIpc) is 2.87. The summed E-state index contributed by atoms with van der Waals surface area (Å²) in [5, 5.41) is 9.02. The first kappa shape index (κ1) is 11.1.